The molecule has 4 nitrogen and oxygen atoms in total. The third kappa shape index (κ3) is 4.13. The van der Waals surface area contributed by atoms with Gasteiger partial charge in [0, 0.05) is 28.8 Å². The fraction of sp³-hybridized carbons (Fsp3) is 0.571. The molecule has 1 aromatic rings. The molecule has 0 fully saturated rings. The van der Waals surface area contributed by atoms with Crippen molar-refractivity contribution in [3.8, 4) is 5.75 Å². The van der Waals surface area contributed by atoms with Gasteiger partial charge in [-0.1, -0.05) is 6.92 Å². The highest BCUT2D eigenvalue weighted by Gasteiger charge is 2.14. The Hall–Kier alpha value is -1.23. The molecule has 0 aromatic carbocycles. The second-order valence-corrected chi connectivity index (χ2v) is 5.52. The summed E-state index contributed by atoms with van der Waals surface area (Å²) in [6.45, 7) is 5.86. The van der Waals surface area contributed by atoms with Crippen molar-refractivity contribution < 1.29 is 14.3 Å². The number of carbonyl (C=O) groups is 1. The van der Waals surface area contributed by atoms with Gasteiger partial charge in [0.1, 0.15) is 5.75 Å². The lowest BCUT2D eigenvalue weighted by Crippen LogP contribution is -2.15. The Bertz CT molecular complexity index is 449. The van der Waals surface area contributed by atoms with Gasteiger partial charge in [0.15, 0.2) is 0 Å². The van der Waals surface area contributed by atoms with E-state index in [1.165, 1.54) is 7.11 Å². The summed E-state index contributed by atoms with van der Waals surface area (Å²) >= 11 is 1.68. The molecule has 0 radical (unpaired) electrons. The van der Waals surface area contributed by atoms with Gasteiger partial charge in [-0.15, -0.1) is 0 Å². The van der Waals surface area contributed by atoms with Crippen LogP contribution in [0, 0.1) is 19.8 Å². The van der Waals surface area contributed by atoms with E-state index in [-0.39, 0.29) is 11.9 Å². The maximum absolute atomic E-state index is 11.3. The third-order valence-corrected chi connectivity index (χ3v) is 4.17. The first-order valence-corrected chi connectivity index (χ1v) is 7.31. The Balaban J connectivity index is 2.62. The molecule has 19 heavy (non-hydrogen) atoms. The van der Waals surface area contributed by atoms with Crippen LogP contribution in [-0.2, 0) is 15.3 Å². The summed E-state index contributed by atoms with van der Waals surface area (Å²) < 4.78 is 10.1. The number of rotatable bonds is 6. The molecule has 0 aliphatic carbocycles. The van der Waals surface area contributed by atoms with Crippen molar-refractivity contribution in [2.75, 3.05) is 20.0 Å². The minimum Gasteiger partial charge on any atom is -0.496 e. The number of thioether (sulfide) groups is 1. The Morgan fingerprint density at radius 3 is 2.68 bits per heavy atom. The molecular weight excluding hydrogens is 262 g/mol. The van der Waals surface area contributed by atoms with E-state index in [0.29, 0.717) is 0 Å². The highest BCUT2D eigenvalue weighted by atomic mass is 32.2. The zero-order valence-corrected chi connectivity index (χ0v) is 13.0. The maximum atomic E-state index is 11.3. The number of carbonyl (C=O) groups excluding carboxylic acids is 1. The zero-order chi connectivity index (χ0) is 14.4. The first kappa shape index (κ1) is 15.8. The van der Waals surface area contributed by atoms with Crippen molar-refractivity contribution in [1.29, 1.82) is 0 Å². The van der Waals surface area contributed by atoms with Gasteiger partial charge in [-0.2, -0.15) is 11.8 Å². The summed E-state index contributed by atoms with van der Waals surface area (Å²) in [5.74, 6) is 2.13. The van der Waals surface area contributed by atoms with E-state index in [2.05, 4.69) is 4.98 Å². The molecule has 0 aliphatic heterocycles. The van der Waals surface area contributed by atoms with Crippen molar-refractivity contribution in [2.45, 2.75) is 26.5 Å². The van der Waals surface area contributed by atoms with Crippen LogP contribution in [0.3, 0.4) is 0 Å². The van der Waals surface area contributed by atoms with Gasteiger partial charge in [0.05, 0.1) is 25.8 Å². The minimum absolute atomic E-state index is 0.0948. The number of hydrogen-bond acceptors (Lipinski definition) is 5. The standard InChI is InChI=1S/C14H21NO3S/c1-9-6-15-12(11(3)13(9)17-4)8-19-7-10(2)14(16)18-5/h6,10H,7-8H2,1-5H3. The topological polar surface area (TPSA) is 48.4 Å². The average molecular weight is 283 g/mol. The van der Waals surface area contributed by atoms with Crippen LogP contribution in [0.15, 0.2) is 6.20 Å². The minimum atomic E-state index is -0.168. The zero-order valence-electron chi connectivity index (χ0n) is 12.1. The molecule has 0 saturated carbocycles. The molecule has 1 unspecified atom stereocenters. The van der Waals surface area contributed by atoms with Gasteiger partial charge in [-0.25, -0.2) is 0 Å². The van der Waals surface area contributed by atoms with Crippen molar-refractivity contribution in [3.05, 3.63) is 23.0 Å². The summed E-state index contributed by atoms with van der Waals surface area (Å²) in [6, 6.07) is 0. The fourth-order valence-corrected chi connectivity index (χ4v) is 2.91. The van der Waals surface area contributed by atoms with Gasteiger partial charge >= 0.3 is 5.97 Å². The molecule has 0 aliphatic rings. The highest BCUT2D eigenvalue weighted by molar-refractivity contribution is 7.98. The highest BCUT2D eigenvalue weighted by Crippen LogP contribution is 2.26. The largest absolute Gasteiger partial charge is 0.496 e. The third-order valence-electron chi connectivity index (χ3n) is 2.96. The summed E-state index contributed by atoms with van der Waals surface area (Å²) in [5.41, 5.74) is 3.11. The lowest BCUT2D eigenvalue weighted by Gasteiger charge is -2.13. The quantitative estimate of drug-likeness (QED) is 0.751. The van der Waals surface area contributed by atoms with Crippen LogP contribution in [-0.4, -0.2) is 30.9 Å². The van der Waals surface area contributed by atoms with Crippen LogP contribution in [0.4, 0.5) is 0 Å². The first-order chi connectivity index (χ1) is 9.01. The maximum Gasteiger partial charge on any atom is 0.309 e. The van der Waals surface area contributed by atoms with E-state index in [9.17, 15) is 4.79 Å². The first-order valence-electron chi connectivity index (χ1n) is 6.15. The number of ether oxygens (including phenoxy) is 2. The Morgan fingerprint density at radius 1 is 1.42 bits per heavy atom. The lowest BCUT2D eigenvalue weighted by atomic mass is 10.1. The van der Waals surface area contributed by atoms with Crippen molar-refractivity contribution in [1.82, 2.24) is 4.98 Å². The molecule has 1 atom stereocenters. The van der Waals surface area contributed by atoms with Gasteiger partial charge in [0.25, 0.3) is 0 Å². The van der Waals surface area contributed by atoms with Gasteiger partial charge in [-0.3, -0.25) is 9.78 Å². The molecule has 0 spiro atoms. The number of aryl methyl sites for hydroxylation is 1. The van der Waals surface area contributed by atoms with E-state index >= 15 is 0 Å². The van der Waals surface area contributed by atoms with Crippen LogP contribution < -0.4 is 4.74 Å². The second kappa shape index (κ2) is 7.38. The fourth-order valence-electron chi connectivity index (χ4n) is 1.82. The van der Waals surface area contributed by atoms with Crippen LogP contribution >= 0.6 is 11.8 Å². The molecular formula is C14H21NO3S. The van der Waals surface area contributed by atoms with E-state index in [1.807, 2.05) is 27.0 Å². The molecule has 5 heteroatoms. The van der Waals surface area contributed by atoms with Crippen LogP contribution in [0.5, 0.6) is 5.75 Å². The molecule has 0 saturated heterocycles. The Morgan fingerprint density at radius 2 is 2.11 bits per heavy atom. The SMILES string of the molecule is COC(=O)C(C)CSCc1ncc(C)c(OC)c1C. The summed E-state index contributed by atoms with van der Waals surface area (Å²) in [5, 5.41) is 0. The number of esters is 1. The van der Waals surface area contributed by atoms with Crippen LogP contribution in [0.2, 0.25) is 0 Å². The molecule has 0 bridgehead atoms. The normalized spacial score (nSPS) is 12.1. The van der Waals surface area contributed by atoms with E-state index in [4.69, 9.17) is 9.47 Å². The predicted molar refractivity (Wildman–Crippen MR) is 77.6 cm³/mol. The van der Waals surface area contributed by atoms with E-state index < -0.39 is 0 Å². The predicted octanol–water partition coefficient (Wildman–Crippen LogP) is 2.75. The van der Waals surface area contributed by atoms with Crippen LogP contribution in [0.25, 0.3) is 0 Å². The number of methoxy groups -OCH3 is 2. The molecule has 1 heterocycles. The molecule has 106 valence electrons. The van der Waals surface area contributed by atoms with Crippen molar-refractivity contribution in [3.63, 3.8) is 0 Å². The molecule has 0 N–H and O–H groups in total. The summed E-state index contributed by atoms with van der Waals surface area (Å²) in [4.78, 5) is 15.7. The Labute approximate surface area is 118 Å². The van der Waals surface area contributed by atoms with Crippen molar-refractivity contribution in [2.24, 2.45) is 5.92 Å². The molecule has 1 aromatic heterocycles. The number of aromatic nitrogens is 1. The molecule has 0 amide bonds. The number of nitrogens with zero attached hydrogens (tertiary/aromatic N) is 1. The van der Waals surface area contributed by atoms with Gasteiger partial charge < -0.3 is 9.47 Å². The number of pyridine rings is 1. The monoisotopic (exact) mass is 283 g/mol. The number of hydrogen-bond donors (Lipinski definition) is 0. The van der Waals surface area contributed by atoms with Crippen LogP contribution in [0.1, 0.15) is 23.7 Å². The van der Waals surface area contributed by atoms with Crippen molar-refractivity contribution >= 4 is 17.7 Å². The lowest BCUT2D eigenvalue weighted by molar-refractivity contribution is -0.143. The smallest absolute Gasteiger partial charge is 0.309 e. The molecule has 1 rings (SSSR count). The second-order valence-electron chi connectivity index (χ2n) is 4.49. The Kier molecular flexibility index (Phi) is 6.15. The summed E-state index contributed by atoms with van der Waals surface area (Å²) in [7, 11) is 3.09. The van der Waals surface area contributed by atoms with E-state index in [0.717, 1.165) is 34.1 Å². The summed E-state index contributed by atoms with van der Waals surface area (Å²) in [6.07, 6.45) is 1.82. The van der Waals surface area contributed by atoms with E-state index in [1.54, 1.807) is 18.9 Å². The van der Waals surface area contributed by atoms with Gasteiger partial charge in [-0.05, 0) is 13.8 Å². The average Bonchev–Trinajstić information content (AvgIpc) is 2.40. The van der Waals surface area contributed by atoms with Gasteiger partial charge in [0.2, 0.25) is 0 Å².